The SMILES string of the molecule is CC(C)CC(NC(=O)C1CCCN1C(=O)CCP(=O)(O)C(Cc1ccccc1)NC(=O)C(CCCCN)NC(=O)C1CCCN1C(=O)OCc1ccccc1)C(=O)O. The molecular weight excluding hydrogens is 767 g/mol. The van der Waals surface area contributed by atoms with Crippen molar-refractivity contribution < 1.29 is 48.1 Å². The number of hydrogen-bond donors (Lipinski definition) is 6. The molecule has 6 atom stereocenters. The average Bonchev–Trinajstić information content (AvgIpc) is 3.90. The summed E-state index contributed by atoms with van der Waals surface area (Å²) in [4.78, 5) is 93.4. The van der Waals surface area contributed by atoms with Crippen LogP contribution in [0.4, 0.5) is 4.79 Å². The average molecular weight is 827 g/mol. The number of hydrogen-bond acceptors (Lipinski definition) is 9. The van der Waals surface area contributed by atoms with Crippen molar-refractivity contribution >= 4 is 43.1 Å². The van der Waals surface area contributed by atoms with Gasteiger partial charge in [0.2, 0.25) is 31.0 Å². The Balaban J connectivity index is 1.45. The highest BCUT2D eigenvalue weighted by Crippen LogP contribution is 2.47. The molecule has 58 heavy (non-hydrogen) atoms. The molecule has 0 radical (unpaired) electrons. The summed E-state index contributed by atoms with van der Waals surface area (Å²) in [5.74, 6) is -4.90. The van der Waals surface area contributed by atoms with Gasteiger partial charge in [0.15, 0.2) is 0 Å². The van der Waals surface area contributed by atoms with Crippen molar-refractivity contribution in [2.75, 3.05) is 25.8 Å². The van der Waals surface area contributed by atoms with E-state index in [0.29, 0.717) is 57.2 Å². The summed E-state index contributed by atoms with van der Waals surface area (Å²) in [6.45, 7) is 4.58. The predicted molar refractivity (Wildman–Crippen MR) is 216 cm³/mol. The second kappa shape index (κ2) is 22.4. The monoisotopic (exact) mass is 826 g/mol. The van der Waals surface area contributed by atoms with Crippen LogP contribution in [0.15, 0.2) is 60.7 Å². The van der Waals surface area contributed by atoms with Crippen LogP contribution in [0.25, 0.3) is 0 Å². The van der Waals surface area contributed by atoms with Gasteiger partial charge in [0.25, 0.3) is 0 Å². The van der Waals surface area contributed by atoms with E-state index in [2.05, 4.69) is 16.0 Å². The molecule has 7 N–H and O–H groups in total. The van der Waals surface area contributed by atoms with Gasteiger partial charge in [0, 0.05) is 32.1 Å². The molecule has 318 valence electrons. The first-order valence-corrected chi connectivity index (χ1v) is 22.1. The molecule has 6 unspecified atom stereocenters. The zero-order chi connectivity index (χ0) is 42.2. The van der Waals surface area contributed by atoms with Crippen molar-refractivity contribution in [3.05, 3.63) is 71.8 Å². The van der Waals surface area contributed by atoms with Crippen LogP contribution in [-0.2, 0) is 46.3 Å². The lowest BCUT2D eigenvalue weighted by Gasteiger charge is -2.29. The molecule has 5 amide bonds. The second-order valence-electron chi connectivity index (χ2n) is 15.5. The van der Waals surface area contributed by atoms with Crippen LogP contribution in [0.2, 0.25) is 0 Å². The Kier molecular flexibility index (Phi) is 17.7. The number of rotatable bonds is 21. The van der Waals surface area contributed by atoms with Gasteiger partial charge in [-0.25, -0.2) is 9.59 Å². The van der Waals surface area contributed by atoms with Gasteiger partial charge in [-0.05, 0) is 75.0 Å². The summed E-state index contributed by atoms with van der Waals surface area (Å²) in [5, 5.41) is 17.7. The maximum atomic E-state index is 14.2. The Morgan fingerprint density at radius 2 is 1.40 bits per heavy atom. The Morgan fingerprint density at radius 1 is 0.828 bits per heavy atom. The maximum absolute atomic E-state index is 14.2. The first-order chi connectivity index (χ1) is 27.7. The van der Waals surface area contributed by atoms with E-state index >= 15 is 0 Å². The highest BCUT2D eigenvalue weighted by molar-refractivity contribution is 7.58. The van der Waals surface area contributed by atoms with Gasteiger partial charge in [-0.15, -0.1) is 0 Å². The number of carbonyl (C=O) groups is 6. The standard InChI is InChI=1S/C41H59N6O10P/c1-28(2)25-32(40(52)53)44-38(50)33-18-11-22-46(33)36(48)20-24-58(55,56)35(26-29-13-5-3-6-14-29)45-37(49)31(17-9-10-21-42)43-39(51)34-19-12-23-47(34)41(54)57-27-30-15-7-4-8-16-30/h3-8,13-16,28,31-35H,9-12,17-27,42H2,1-2H3,(H,43,51)(H,44,50)(H,45,49)(H,52,53)(H,55,56). The Morgan fingerprint density at radius 3 is 1.98 bits per heavy atom. The number of amides is 5. The number of unbranched alkanes of at least 4 members (excludes halogenated alkanes) is 1. The lowest BCUT2D eigenvalue weighted by molar-refractivity contribution is -0.144. The topological polar surface area (TPSA) is 238 Å². The molecule has 4 rings (SSSR count). The van der Waals surface area contributed by atoms with Crippen molar-refractivity contribution in [1.29, 1.82) is 0 Å². The fourth-order valence-corrected chi connectivity index (χ4v) is 8.99. The van der Waals surface area contributed by atoms with E-state index in [0.717, 1.165) is 5.56 Å². The summed E-state index contributed by atoms with van der Waals surface area (Å²) in [6.07, 6.45) is 1.52. The molecule has 0 saturated carbocycles. The van der Waals surface area contributed by atoms with E-state index in [1.165, 1.54) is 9.80 Å². The normalized spacial score (nSPS) is 19.1. The lowest BCUT2D eigenvalue weighted by Crippen LogP contribution is -2.54. The van der Waals surface area contributed by atoms with Crippen LogP contribution in [0.1, 0.15) is 82.8 Å². The Bertz CT molecular complexity index is 1750. The first-order valence-electron chi connectivity index (χ1n) is 20.2. The van der Waals surface area contributed by atoms with Gasteiger partial charge in [-0.3, -0.25) is 28.6 Å². The smallest absolute Gasteiger partial charge is 0.410 e. The van der Waals surface area contributed by atoms with Crippen molar-refractivity contribution in [2.45, 2.75) is 115 Å². The van der Waals surface area contributed by atoms with Crippen LogP contribution in [-0.4, -0.2) is 111 Å². The summed E-state index contributed by atoms with van der Waals surface area (Å²) in [7, 11) is -4.35. The highest BCUT2D eigenvalue weighted by atomic mass is 31.2. The van der Waals surface area contributed by atoms with Gasteiger partial charge in [-0.1, -0.05) is 74.5 Å². The fourth-order valence-electron chi connectivity index (χ4n) is 7.34. The van der Waals surface area contributed by atoms with Gasteiger partial charge in [0.1, 0.15) is 36.6 Å². The quantitative estimate of drug-likeness (QED) is 0.0789. The van der Waals surface area contributed by atoms with Crippen LogP contribution in [0.3, 0.4) is 0 Å². The molecule has 2 aromatic rings. The predicted octanol–water partition coefficient (Wildman–Crippen LogP) is 3.35. The third-order valence-electron chi connectivity index (χ3n) is 10.5. The molecule has 2 heterocycles. The van der Waals surface area contributed by atoms with Crippen molar-refractivity contribution in [2.24, 2.45) is 11.7 Å². The number of nitrogens with zero attached hydrogens (tertiary/aromatic N) is 2. The molecule has 17 heteroatoms. The van der Waals surface area contributed by atoms with Gasteiger partial charge >= 0.3 is 12.1 Å². The van der Waals surface area contributed by atoms with Crippen LogP contribution in [0, 0.1) is 5.92 Å². The van der Waals surface area contributed by atoms with Crippen molar-refractivity contribution in [3.63, 3.8) is 0 Å². The number of nitrogens with one attached hydrogen (secondary N) is 3. The van der Waals surface area contributed by atoms with Crippen LogP contribution < -0.4 is 21.7 Å². The zero-order valence-corrected chi connectivity index (χ0v) is 34.3. The van der Waals surface area contributed by atoms with E-state index in [-0.39, 0.29) is 38.3 Å². The highest BCUT2D eigenvalue weighted by Gasteiger charge is 2.40. The Hall–Kier alpha value is -4.79. The summed E-state index contributed by atoms with van der Waals surface area (Å²) >= 11 is 0. The Labute approximate surface area is 340 Å². The first kappa shape index (κ1) is 45.9. The van der Waals surface area contributed by atoms with E-state index in [9.17, 15) is 43.3 Å². The van der Waals surface area contributed by atoms with E-state index in [1.54, 1.807) is 30.3 Å². The number of benzene rings is 2. The molecule has 2 aromatic carbocycles. The lowest BCUT2D eigenvalue weighted by atomic mass is 10.0. The summed E-state index contributed by atoms with van der Waals surface area (Å²) < 4.78 is 19.7. The number of carboxylic acid groups (broad SMARTS) is 1. The summed E-state index contributed by atoms with van der Waals surface area (Å²) in [5.41, 5.74) is 7.17. The van der Waals surface area contributed by atoms with Crippen LogP contribution >= 0.6 is 7.37 Å². The summed E-state index contributed by atoms with van der Waals surface area (Å²) in [6, 6.07) is 13.9. The minimum atomic E-state index is -4.35. The second-order valence-corrected chi connectivity index (χ2v) is 18.0. The van der Waals surface area contributed by atoms with Gasteiger partial charge in [0.05, 0.1) is 0 Å². The fraction of sp³-hybridized carbons (Fsp3) is 0.561. The number of carboxylic acids is 1. The van der Waals surface area contributed by atoms with Crippen molar-refractivity contribution in [1.82, 2.24) is 25.8 Å². The molecule has 0 aromatic heterocycles. The van der Waals surface area contributed by atoms with Crippen molar-refractivity contribution in [3.8, 4) is 0 Å². The molecule has 2 aliphatic rings. The number of likely N-dealkylation sites (tertiary alicyclic amines) is 2. The molecule has 0 aliphatic carbocycles. The van der Waals surface area contributed by atoms with Crippen LogP contribution in [0.5, 0.6) is 0 Å². The van der Waals surface area contributed by atoms with E-state index in [4.69, 9.17) is 10.5 Å². The molecule has 0 bridgehead atoms. The third-order valence-corrected chi connectivity index (χ3v) is 12.6. The van der Waals surface area contributed by atoms with Gasteiger partial charge in [-0.2, -0.15) is 0 Å². The largest absolute Gasteiger partial charge is 0.480 e. The molecule has 0 spiro atoms. The number of ether oxygens (including phenoxy) is 1. The molecule has 16 nitrogen and oxygen atoms in total. The zero-order valence-electron chi connectivity index (χ0n) is 33.4. The minimum Gasteiger partial charge on any atom is -0.480 e. The molecule has 2 saturated heterocycles. The number of nitrogens with two attached hydrogens (primary N) is 1. The number of aliphatic carboxylic acids is 1. The molecule has 2 fully saturated rings. The molecular formula is C41H59N6O10P. The van der Waals surface area contributed by atoms with E-state index < -0.39 is 85.6 Å². The van der Waals surface area contributed by atoms with E-state index in [1.807, 2.05) is 44.2 Å². The minimum absolute atomic E-state index is 0.00187. The third kappa shape index (κ3) is 13.7. The molecule has 2 aliphatic heterocycles. The van der Waals surface area contributed by atoms with Gasteiger partial charge < -0.3 is 41.3 Å². The number of carbonyl (C=O) groups excluding carboxylic acids is 5. The maximum Gasteiger partial charge on any atom is 0.410 e.